The summed E-state index contributed by atoms with van der Waals surface area (Å²) in [6.07, 6.45) is -1.40. The molecule has 15 heteroatoms. The van der Waals surface area contributed by atoms with E-state index in [-0.39, 0.29) is 18.0 Å². The Bertz CT molecular complexity index is 1130. The number of nitrogens with zero attached hydrogens (tertiary/aromatic N) is 6. The number of hydrogen-bond donors (Lipinski definition) is 3. The lowest BCUT2D eigenvalue weighted by molar-refractivity contribution is -0.151. The fourth-order valence-electron chi connectivity index (χ4n) is 3.22. The molecular weight excluding hydrogens is 478 g/mol. The standard InChI is InChI=1S/C17H15N7O5S3/c18-3-4-23-17(20-21-22-23)32-7-8-6-31-15-10(14(27)24(15)11(8)16(28)29)19-13(26)12(25)9-2-1-5-30-9/h1-2,5,10,12,15,25H,4,6-7H2,(H,19,26)(H,28,29)/t10?,12?,15-/m0/s1. The summed E-state index contributed by atoms with van der Waals surface area (Å²) in [4.78, 5) is 38.6. The van der Waals surface area contributed by atoms with E-state index >= 15 is 0 Å². The summed E-state index contributed by atoms with van der Waals surface area (Å²) in [5.74, 6) is -1.98. The Morgan fingerprint density at radius 1 is 1.47 bits per heavy atom. The molecule has 0 radical (unpaired) electrons. The molecule has 0 aliphatic carbocycles. The number of fused-ring (bicyclic) bond motifs is 1. The first kappa shape index (κ1) is 22.3. The maximum atomic E-state index is 12.7. The van der Waals surface area contributed by atoms with Crippen molar-refractivity contribution in [2.75, 3.05) is 11.5 Å². The van der Waals surface area contributed by atoms with E-state index in [1.807, 2.05) is 6.07 Å². The van der Waals surface area contributed by atoms with Gasteiger partial charge in [0.2, 0.25) is 5.16 Å². The number of aliphatic hydroxyl groups is 1. The van der Waals surface area contributed by atoms with Crippen LogP contribution in [0.15, 0.2) is 33.9 Å². The van der Waals surface area contributed by atoms with Crippen LogP contribution in [0.3, 0.4) is 0 Å². The fraction of sp³-hybridized carbons (Fsp3) is 0.353. The number of aromatic nitrogens is 4. The highest BCUT2D eigenvalue weighted by molar-refractivity contribution is 8.01. The molecule has 166 valence electrons. The SMILES string of the molecule is N#CCn1nnnc1SCC1=C(C(=O)O)N2C(=O)C(NC(=O)C(O)c3cccs3)[C@@H]2SC1. The van der Waals surface area contributed by atoms with Crippen LogP contribution in [0.5, 0.6) is 0 Å². The Kier molecular flexibility index (Phi) is 6.46. The van der Waals surface area contributed by atoms with Gasteiger partial charge in [0.1, 0.15) is 23.7 Å². The van der Waals surface area contributed by atoms with Crippen LogP contribution < -0.4 is 5.32 Å². The third-order valence-corrected chi connectivity index (χ3v) is 8.01. The molecule has 3 N–H and O–H groups in total. The van der Waals surface area contributed by atoms with Crippen molar-refractivity contribution >= 4 is 52.6 Å². The van der Waals surface area contributed by atoms with Crippen LogP contribution in [0.1, 0.15) is 11.0 Å². The predicted molar refractivity (Wildman–Crippen MR) is 113 cm³/mol. The Balaban J connectivity index is 1.46. The summed E-state index contributed by atoms with van der Waals surface area (Å²) in [7, 11) is 0. The van der Waals surface area contributed by atoms with E-state index in [9.17, 15) is 24.6 Å². The third-order valence-electron chi connectivity index (χ3n) is 4.70. The number of carboxylic acid groups (broad SMARTS) is 1. The zero-order chi connectivity index (χ0) is 22.8. The van der Waals surface area contributed by atoms with E-state index in [2.05, 4.69) is 20.8 Å². The van der Waals surface area contributed by atoms with E-state index in [1.54, 1.807) is 17.5 Å². The molecule has 12 nitrogen and oxygen atoms in total. The van der Waals surface area contributed by atoms with E-state index in [0.29, 0.717) is 21.4 Å². The summed E-state index contributed by atoms with van der Waals surface area (Å²) in [6, 6.07) is 4.32. The number of thioether (sulfide) groups is 2. The van der Waals surface area contributed by atoms with E-state index in [4.69, 9.17) is 5.26 Å². The summed E-state index contributed by atoms with van der Waals surface area (Å²) in [6.45, 7) is -0.0414. The van der Waals surface area contributed by atoms with Gasteiger partial charge in [-0.05, 0) is 27.4 Å². The van der Waals surface area contributed by atoms with Crippen molar-refractivity contribution < 1.29 is 24.6 Å². The average molecular weight is 494 g/mol. The minimum absolute atomic E-state index is 0.0414. The lowest BCUT2D eigenvalue weighted by Gasteiger charge is -2.49. The first-order valence-corrected chi connectivity index (χ1v) is 12.0. The molecule has 2 aromatic rings. The molecule has 3 atom stereocenters. The molecule has 1 saturated heterocycles. The van der Waals surface area contributed by atoms with Gasteiger partial charge in [-0.15, -0.1) is 28.2 Å². The number of carbonyl (C=O) groups is 3. The number of rotatable bonds is 8. The van der Waals surface area contributed by atoms with Gasteiger partial charge in [-0.2, -0.15) is 5.26 Å². The molecule has 4 heterocycles. The average Bonchev–Trinajstić information content (AvgIpc) is 3.47. The molecule has 2 aromatic heterocycles. The molecule has 4 rings (SSSR count). The summed E-state index contributed by atoms with van der Waals surface area (Å²) >= 11 is 3.70. The first-order valence-electron chi connectivity index (χ1n) is 9.10. The summed E-state index contributed by atoms with van der Waals surface area (Å²) in [5, 5.41) is 43.8. The molecule has 0 aromatic carbocycles. The Hall–Kier alpha value is -2.93. The maximum absolute atomic E-state index is 12.7. The maximum Gasteiger partial charge on any atom is 0.352 e. The zero-order valence-electron chi connectivity index (χ0n) is 16.1. The second kappa shape index (κ2) is 9.28. The summed E-state index contributed by atoms with van der Waals surface area (Å²) < 4.78 is 1.30. The Morgan fingerprint density at radius 3 is 2.97 bits per heavy atom. The normalized spacial score (nSPS) is 20.9. The largest absolute Gasteiger partial charge is 0.477 e. The molecule has 1 fully saturated rings. The lowest BCUT2D eigenvalue weighted by Crippen LogP contribution is -2.70. The number of carbonyl (C=O) groups excluding carboxylic acids is 2. The molecule has 0 spiro atoms. The van der Waals surface area contributed by atoms with E-state index < -0.39 is 35.3 Å². The van der Waals surface area contributed by atoms with Gasteiger partial charge in [-0.3, -0.25) is 14.5 Å². The molecular formula is C17H15N7O5S3. The Labute approximate surface area is 193 Å². The minimum Gasteiger partial charge on any atom is -0.477 e. The third kappa shape index (κ3) is 4.09. The summed E-state index contributed by atoms with van der Waals surface area (Å²) in [5.41, 5.74) is 0.377. The van der Waals surface area contributed by atoms with Crippen molar-refractivity contribution in [3.63, 3.8) is 0 Å². The number of β-lactam (4-membered cyclic amide) rings is 1. The van der Waals surface area contributed by atoms with Crippen molar-refractivity contribution in [3.05, 3.63) is 33.7 Å². The molecule has 0 bridgehead atoms. The quantitative estimate of drug-likeness (QED) is 0.329. The number of tetrazole rings is 1. The topological polar surface area (TPSA) is 174 Å². The number of thiophene rings is 1. The molecule has 2 aliphatic rings. The number of amides is 2. The number of aliphatic carboxylic acids is 1. The second-order valence-corrected chi connectivity index (χ2v) is 9.66. The number of nitriles is 1. The highest BCUT2D eigenvalue weighted by Gasteiger charge is 2.54. The van der Waals surface area contributed by atoms with Crippen LogP contribution in [0.25, 0.3) is 0 Å². The van der Waals surface area contributed by atoms with E-state index in [0.717, 1.165) is 4.90 Å². The lowest BCUT2D eigenvalue weighted by atomic mass is 10.0. The van der Waals surface area contributed by atoms with E-state index in [1.165, 1.54) is 39.5 Å². The van der Waals surface area contributed by atoms with Gasteiger partial charge >= 0.3 is 5.97 Å². The van der Waals surface area contributed by atoms with Crippen molar-refractivity contribution in [2.45, 2.75) is 29.2 Å². The Morgan fingerprint density at radius 2 is 2.28 bits per heavy atom. The van der Waals surface area contributed by atoms with Crippen LogP contribution >= 0.6 is 34.9 Å². The number of hydrogen-bond acceptors (Lipinski definition) is 11. The number of nitrogens with one attached hydrogen (secondary N) is 1. The monoisotopic (exact) mass is 493 g/mol. The zero-order valence-corrected chi connectivity index (χ0v) is 18.6. The van der Waals surface area contributed by atoms with Gasteiger partial charge in [0.15, 0.2) is 6.10 Å². The van der Waals surface area contributed by atoms with Crippen LogP contribution in [-0.4, -0.2) is 76.0 Å². The van der Waals surface area contributed by atoms with Crippen LogP contribution in [0, 0.1) is 11.3 Å². The fourth-order valence-corrected chi connectivity index (χ4v) is 6.29. The van der Waals surface area contributed by atoms with Gasteiger partial charge in [-0.25, -0.2) is 9.48 Å². The number of carboxylic acids is 1. The molecule has 2 unspecified atom stereocenters. The molecule has 0 saturated carbocycles. The molecule has 2 amide bonds. The molecule has 2 aliphatic heterocycles. The van der Waals surface area contributed by atoms with Crippen molar-refractivity contribution in [1.29, 1.82) is 5.26 Å². The van der Waals surface area contributed by atoms with Gasteiger partial charge in [0.25, 0.3) is 11.8 Å². The van der Waals surface area contributed by atoms with Gasteiger partial charge < -0.3 is 15.5 Å². The second-order valence-electron chi connectivity index (χ2n) is 6.64. The van der Waals surface area contributed by atoms with Crippen LogP contribution in [0.2, 0.25) is 0 Å². The van der Waals surface area contributed by atoms with Crippen LogP contribution in [0.4, 0.5) is 0 Å². The molecule has 32 heavy (non-hydrogen) atoms. The van der Waals surface area contributed by atoms with Crippen LogP contribution in [-0.2, 0) is 20.9 Å². The predicted octanol–water partition coefficient (Wildman–Crippen LogP) is -0.178. The van der Waals surface area contributed by atoms with Crippen molar-refractivity contribution in [1.82, 2.24) is 30.4 Å². The van der Waals surface area contributed by atoms with Gasteiger partial charge in [0.05, 0.1) is 6.07 Å². The highest BCUT2D eigenvalue weighted by Crippen LogP contribution is 2.41. The minimum atomic E-state index is -1.40. The number of aliphatic hydroxyl groups excluding tert-OH is 1. The highest BCUT2D eigenvalue weighted by atomic mass is 32.2. The van der Waals surface area contributed by atoms with Crippen molar-refractivity contribution in [3.8, 4) is 6.07 Å². The van der Waals surface area contributed by atoms with Gasteiger partial charge in [0, 0.05) is 16.4 Å². The van der Waals surface area contributed by atoms with Gasteiger partial charge in [-0.1, -0.05) is 17.8 Å². The smallest absolute Gasteiger partial charge is 0.352 e. The van der Waals surface area contributed by atoms with Crippen molar-refractivity contribution in [2.24, 2.45) is 0 Å². The first-order chi connectivity index (χ1) is 15.4.